The maximum absolute atomic E-state index is 12.9. The fourth-order valence-corrected chi connectivity index (χ4v) is 6.27. The van der Waals surface area contributed by atoms with Crippen molar-refractivity contribution in [1.29, 1.82) is 0 Å². The van der Waals surface area contributed by atoms with E-state index in [0.717, 1.165) is 44.9 Å². The highest BCUT2D eigenvalue weighted by molar-refractivity contribution is 7.89. The van der Waals surface area contributed by atoms with Crippen molar-refractivity contribution >= 4 is 15.9 Å². The van der Waals surface area contributed by atoms with Crippen LogP contribution in [0.4, 0.5) is 0 Å². The summed E-state index contributed by atoms with van der Waals surface area (Å²) in [7, 11) is -3.35. The molecule has 23 heavy (non-hydrogen) atoms. The molecule has 0 aromatic rings. The van der Waals surface area contributed by atoms with Crippen LogP contribution in [0.1, 0.15) is 51.4 Å². The van der Waals surface area contributed by atoms with Gasteiger partial charge in [-0.25, -0.2) is 12.7 Å². The highest BCUT2D eigenvalue weighted by Gasteiger charge is 2.39. The lowest BCUT2D eigenvalue weighted by atomic mass is 10.0. The van der Waals surface area contributed by atoms with Gasteiger partial charge in [0.1, 0.15) is 0 Å². The first-order valence-corrected chi connectivity index (χ1v) is 10.5. The van der Waals surface area contributed by atoms with Gasteiger partial charge in [0, 0.05) is 38.1 Å². The summed E-state index contributed by atoms with van der Waals surface area (Å²) in [5.74, 6) is 0.303. The van der Waals surface area contributed by atoms with Crippen molar-refractivity contribution in [3.05, 3.63) is 0 Å². The average Bonchev–Trinajstić information content (AvgIpc) is 3.09. The Morgan fingerprint density at radius 1 is 0.913 bits per heavy atom. The second-order valence-electron chi connectivity index (χ2n) is 7.34. The number of amides is 1. The second kappa shape index (κ2) is 7.07. The Bertz CT molecular complexity index is 531. The van der Waals surface area contributed by atoms with Crippen LogP contribution in [0.25, 0.3) is 0 Å². The maximum atomic E-state index is 12.9. The van der Waals surface area contributed by atoms with E-state index < -0.39 is 15.3 Å². The molecule has 0 spiro atoms. The SMILES string of the molecule is NC1CCCN(S(=O)(=O)C2CCCN(C(=O)C3CCCC3)C2)C1. The van der Waals surface area contributed by atoms with Crippen LogP contribution in [-0.2, 0) is 14.8 Å². The molecule has 0 bridgehead atoms. The minimum absolute atomic E-state index is 0.0571. The first-order chi connectivity index (χ1) is 11.0. The van der Waals surface area contributed by atoms with Gasteiger partial charge in [-0.1, -0.05) is 12.8 Å². The van der Waals surface area contributed by atoms with E-state index in [9.17, 15) is 13.2 Å². The number of carbonyl (C=O) groups is 1. The number of hydrogen-bond acceptors (Lipinski definition) is 4. The Balaban J connectivity index is 1.66. The lowest BCUT2D eigenvalue weighted by Crippen LogP contribution is -2.53. The number of sulfonamides is 1. The minimum Gasteiger partial charge on any atom is -0.341 e. The summed E-state index contributed by atoms with van der Waals surface area (Å²) >= 11 is 0. The van der Waals surface area contributed by atoms with Crippen LogP contribution >= 0.6 is 0 Å². The molecule has 2 atom stereocenters. The summed E-state index contributed by atoms with van der Waals surface area (Å²) in [5.41, 5.74) is 5.94. The Labute approximate surface area is 139 Å². The van der Waals surface area contributed by atoms with Crippen molar-refractivity contribution in [3.8, 4) is 0 Å². The fourth-order valence-electron chi connectivity index (χ4n) is 4.23. The molecule has 1 aliphatic carbocycles. The molecule has 0 radical (unpaired) electrons. The van der Waals surface area contributed by atoms with Gasteiger partial charge in [-0.05, 0) is 38.5 Å². The average molecular weight is 343 g/mol. The Kier molecular flexibility index (Phi) is 5.28. The summed E-state index contributed by atoms with van der Waals surface area (Å²) < 4.78 is 27.4. The van der Waals surface area contributed by atoms with Gasteiger partial charge < -0.3 is 10.6 Å². The number of rotatable bonds is 3. The number of nitrogens with zero attached hydrogens (tertiary/aromatic N) is 2. The molecule has 0 aromatic carbocycles. The zero-order chi connectivity index (χ0) is 16.4. The van der Waals surface area contributed by atoms with Gasteiger partial charge in [-0.15, -0.1) is 0 Å². The van der Waals surface area contributed by atoms with Gasteiger partial charge in [-0.3, -0.25) is 4.79 Å². The number of carbonyl (C=O) groups excluding carboxylic acids is 1. The molecule has 3 rings (SSSR count). The summed E-state index contributed by atoms with van der Waals surface area (Å²) in [6.07, 6.45) is 7.34. The lowest BCUT2D eigenvalue weighted by molar-refractivity contribution is -0.136. The van der Waals surface area contributed by atoms with Crippen LogP contribution in [0.15, 0.2) is 0 Å². The molecule has 2 unspecified atom stereocenters. The van der Waals surface area contributed by atoms with Crippen LogP contribution in [0, 0.1) is 5.92 Å². The summed E-state index contributed by atoms with van der Waals surface area (Å²) in [6, 6.07) is -0.0571. The normalized spacial score (nSPS) is 31.4. The molecular formula is C16H29N3O3S. The standard InChI is InChI=1S/C16H29N3O3S/c17-14-7-3-10-19(11-14)23(21,22)15-8-4-9-18(12-15)16(20)13-5-1-2-6-13/h13-15H,1-12,17H2. The van der Waals surface area contributed by atoms with E-state index in [0.29, 0.717) is 32.6 Å². The Morgan fingerprint density at radius 3 is 2.30 bits per heavy atom. The predicted molar refractivity (Wildman–Crippen MR) is 89.3 cm³/mol. The van der Waals surface area contributed by atoms with E-state index in [1.807, 2.05) is 4.90 Å². The topological polar surface area (TPSA) is 83.7 Å². The molecule has 1 saturated carbocycles. The second-order valence-corrected chi connectivity index (χ2v) is 9.55. The van der Waals surface area contributed by atoms with Crippen molar-refractivity contribution in [2.45, 2.75) is 62.7 Å². The van der Waals surface area contributed by atoms with E-state index in [2.05, 4.69) is 0 Å². The van der Waals surface area contributed by atoms with Crippen LogP contribution in [0.3, 0.4) is 0 Å². The molecule has 2 heterocycles. The third-order valence-corrected chi connectivity index (χ3v) is 7.87. The maximum Gasteiger partial charge on any atom is 0.225 e. The molecular weight excluding hydrogens is 314 g/mol. The molecule has 2 aliphatic heterocycles. The van der Waals surface area contributed by atoms with Crippen LogP contribution < -0.4 is 5.73 Å². The summed E-state index contributed by atoms with van der Waals surface area (Å²) in [4.78, 5) is 14.4. The van der Waals surface area contributed by atoms with Crippen molar-refractivity contribution < 1.29 is 13.2 Å². The number of piperidine rings is 2. The van der Waals surface area contributed by atoms with Crippen molar-refractivity contribution in [1.82, 2.24) is 9.21 Å². The van der Waals surface area contributed by atoms with Gasteiger partial charge in [0.15, 0.2) is 0 Å². The predicted octanol–water partition coefficient (Wildman–Crippen LogP) is 0.920. The zero-order valence-electron chi connectivity index (χ0n) is 13.8. The van der Waals surface area contributed by atoms with E-state index >= 15 is 0 Å². The molecule has 1 amide bonds. The van der Waals surface area contributed by atoms with E-state index in [1.165, 1.54) is 0 Å². The van der Waals surface area contributed by atoms with Crippen molar-refractivity contribution in [2.75, 3.05) is 26.2 Å². The molecule has 2 N–H and O–H groups in total. The Hall–Kier alpha value is -0.660. The van der Waals surface area contributed by atoms with E-state index in [4.69, 9.17) is 5.73 Å². The first kappa shape index (κ1) is 17.2. The first-order valence-electron chi connectivity index (χ1n) is 9.02. The number of hydrogen-bond donors (Lipinski definition) is 1. The molecule has 3 fully saturated rings. The van der Waals surface area contributed by atoms with Crippen molar-refractivity contribution in [2.24, 2.45) is 11.7 Å². The highest BCUT2D eigenvalue weighted by atomic mass is 32.2. The van der Waals surface area contributed by atoms with Crippen molar-refractivity contribution in [3.63, 3.8) is 0 Å². The van der Waals surface area contributed by atoms with E-state index in [1.54, 1.807) is 4.31 Å². The summed E-state index contributed by atoms with van der Waals surface area (Å²) in [6.45, 7) is 2.07. The Morgan fingerprint density at radius 2 is 1.61 bits per heavy atom. The van der Waals surface area contributed by atoms with Gasteiger partial charge in [0.25, 0.3) is 0 Å². The highest BCUT2D eigenvalue weighted by Crippen LogP contribution is 2.29. The monoisotopic (exact) mass is 343 g/mol. The van der Waals surface area contributed by atoms with Crippen LogP contribution in [-0.4, -0.2) is 61.0 Å². The lowest BCUT2D eigenvalue weighted by Gasteiger charge is -2.38. The van der Waals surface area contributed by atoms with Gasteiger partial charge in [0.2, 0.25) is 15.9 Å². The largest absolute Gasteiger partial charge is 0.341 e. The van der Waals surface area contributed by atoms with Gasteiger partial charge >= 0.3 is 0 Å². The zero-order valence-corrected chi connectivity index (χ0v) is 14.6. The number of likely N-dealkylation sites (tertiary alicyclic amines) is 1. The van der Waals surface area contributed by atoms with E-state index in [-0.39, 0.29) is 17.9 Å². The third-order valence-electron chi connectivity index (χ3n) is 5.60. The van der Waals surface area contributed by atoms with Crippen LogP contribution in [0.2, 0.25) is 0 Å². The fraction of sp³-hybridized carbons (Fsp3) is 0.938. The molecule has 0 aromatic heterocycles. The quantitative estimate of drug-likeness (QED) is 0.826. The number of nitrogens with two attached hydrogens (primary N) is 1. The molecule has 132 valence electrons. The third kappa shape index (κ3) is 3.72. The van der Waals surface area contributed by atoms with Crippen LogP contribution in [0.5, 0.6) is 0 Å². The molecule has 7 heteroatoms. The minimum atomic E-state index is -3.35. The molecule has 2 saturated heterocycles. The molecule has 6 nitrogen and oxygen atoms in total. The smallest absolute Gasteiger partial charge is 0.225 e. The van der Waals surface area contributed by atoms with Gasteiger partial charge in [0.05, 0.1) is 5.25 Å². The summed E-state index contributed by atoms with van der Waals surface area (Å²) in [5, 5.41) is -0.452. The molecule has 3 aliphatic rings. The van der Waals surface area contributed by atoms with Gasteiger partial charge in [-0.2, -0.15) is 0 Å².